The van der Waals surface area contributed by atoms with E-state index in [2.05, 4.69) is 0 Å². The molecule has 0 aromatic heterocycles. The lowest BCUT2D eigenvalue weighted by atomic mass is 10.1. The zero-order valence-corrected chi connectivity index (χ0v) is 15.7. The van der Waals surface area contributed by atoms with Crippen molar-refractivity contribution in [1.29, 1.82) is 0 Å². The summed E-state index contributed by atoms with van der Waals surface area (Å²) in [6.45, 7) is 2.03. The topological polar surface area (TPSA) is 80.3 Å². The molecule has 144 valence electrons. The van der Waals surface area contributed by atoms with Gasteiger partial charge in [0.25, 0.3) is 0 Å². The predicted octanol–water partition coefficient (Wildman–Crippen LogP) is 3.15. The second kappa shape index (κ2) is 9.47. The number of ketones is 1. The summed E-state index contributed by atoms with van der Waals surface area (Å²) in [4.78, 5) is 24.5. The van der Waals surface area contributed by atoms with E-state index >= 15 is 0 Å². The second-order valence-corrected chi connectivity index (χ2v) is 5.37. The second-order valence-electron chi connectivity index (χ2n) is 5.37. The van der Waals surface area contributed by atoms with Crippen LogP contribution in [0.25, 0.3) is 0 Å². The van der Waals surface area contributed by atoms with E-state index in [-0.39, 0.29) is 18.0 Å². The molecule has 0 unspecified atom stereocenters. The van der Waals surface area contributed by atoms with Gasteiger partial charge in [-0.05, 0) is 43.3 Å². The minimum Gasteiger partial charge on any atom is -0.494 e. The van der Waals surface area contributed by atoms with Crippen molar-refractivity contribution in [3.05, 3.63) is 47.5 Å². The average molecular weight is 374 g/mol. The number of hydrogen-bond acceptors (Lipinski definition) is 7. The molecule has 27 heavy (non-hydrogen) atoms. The fraction of sp³-hybridized carbons (Fsp3) is 0.300. The number of carbonyl (C=O) groups excluding carboxylic acids is 2. The standard InChI is InChI=1S/C20H22O7/c1-5-26-15-8-6-13(7-9-15)16(21)12-27-20(22)14-10-17(23-2)19(25-4)18(11-14)24-3/h6-11H,5,12H2,1-4H3. The Morgan fingerprint density at radius 2 is 1.44 bits per heavy atom. The van der Waals surface area contributed by atoms with Gasteiger partial charge in [0.05, 0.1) is 33.5 Å². The molecule has 0 N–H and O–H groups in total. The fourth-order valence-corrected chi connectivity index (χ4v) is 2.40. The Labute approximate surface area is 157 Å². The van der Waals surface area contributed by atoms with E-state index in [4.69, 9.17) is 23.7 Å². The zero-order chi connectivity index (χ0) is 19.8. The molecule has 0 aliphatic rings. The summed E-state index contributed by atoms with van der Waals surface area (Å²) < 4.78 is 26.1. The Morgan fingerprint density at radius 3 is 1.93 bits per heavy atom. The van der Waals surface area contributed by atoms with Crippen LogP contribution >= 0.6 is 0 Å². The van der Waals surface area contributed by atoms with Gasteiger partial charge in [-0.3, -0.25) is 4.79 Å². The van der Waals surface area contributed by atoms with Gasteiger partial charge in [0.2, 0.25) is 5.75 Å². The summed E-state index contributed by atoms with van der Waals surface area (Å²) in [5.74, 6) is 0.682. The summed E-state index contributed by atoms with van der Waals surface area (Å²) in [5, 5.41) is 0. The number of hydrogen-bond donors (Lipinski definition) is 0. The molecule has 2 aromatic rings. The summed E-state index contributed by atoms with van der Waals surface area (Å²) in [7, 11) is 4.36. The molecule has 2 aromatic carbocycles. The third kappa shape index (κ3) is 4.91. The van der Waals surface area contributed by atoms with Gasteiger partial charge in [0.15, 0.2) is 23.9 Å². The molecule has 0 spiro atoms. The zero-order valence-electron chi connectivity index (χ0n) is 15.7. The number of ether oxygens (including phenoxy) is 5. The summed E-state index contributed by atoms with van der Waals surface area (Å²) in [5.41, 5.74) is 0.611. The molecular weight excluding hydrogens is 352 g/mol. The van der Waals surface area contributed by atoms with E-state index < -0.39 is 5.97 Å². The van der Waals surface area contributed by atoms with Crippen LogP contribution in [0.1, 0.15) is 27.6 Å². The van der Waals surface area contributed by atoms with Crippen LogP contribution in [-0.2, 0) is 4.74 Å². The first-order valence-electron chi connectivity index (χ1n) is 8.27. The van der Waals surface area contributed by atoms with E-state index in [0.29, 0.717) is 35.2 Å². The maximum Gasteiger partial charge on any atom is 0.338 e. The van der Waals surface area contributed by atoms with Gasteiger partial charge in [-0.1, -0.05) is 0 Å². The molecule has 0 bridgehead atoms. The molecule has 0 aliphatic carbocycles. The lowest BCUT2D eigenvalue weighted by molar-refractivity contribution is 0.0474. The first-order valence-corrected chi connectivity index (χ1v) is 8.27. The summed E-state index contributed by atoms with van der Waals surface area (Å²) >= 11 is 0. The molecular formula is C20H22O7. The highest BCUT2D eigenvalue weighted by Gasteiger charge is 2.19. The molecule has 7 heteroatoms. The molecule has 7 nitrogen and oxygen atoms in total. The number of esters is 1. The molecule has 0 heterocycles. The minimum atomic E-state index is -0.673. The number of Topliss-reactive ketones (excluding diaryl/α,β-unsaturated/α-hetero) is 1. The van der Waals surface area contributed by atoms with Crippen molar-refractivity contribution < 1.29 is 33.3 Å². The van der Waals surface area contributed by atoms with E-state index in [1.807, 2.05) is 6.92 Å². The SMILES string of the molecule is CCOc1ccc(C(=O)COC(=O)c2cc(OC)c(OC)c(OC)c2)cc1. The Kier molecular flexibility index (Phi) is 7.05. The molecule has 0 atom stereocenters. The van der Waals surface area contributed by atoms with Crippen LogP contribution in [0.15, 0.2) is 36.4 Å². The van der Waals surface area contributed by atoms with Gasteiger partial charge in [-0.25, -0.2) is 4.79 Å². The minimum absolute atomic E-state index is 0.184. The third-order valence-corrected chi connectivity index (χ3v) is 3.72. The van der Waals surface area contributed by atoms with Crippen LogP contribution in [0.5, 0.6) is 23.0 Å². The molecule has 2 rings (SSSR count). The highest BCUT2D eigenvalue weighted by Crippen LogP contribution is 2.38. The van der Waals surface area contributed by atoms with Crippen molar-refractivity contribution in [1.82, 2.24) is 0 Å². The normalized spacial score (nSPS) is 10.1. The lowest BCUT2D eigenvalue weighted by Crippen LogP contribution is -2.14. The van der Waals surface area contributed by atoms with Gasteiger partial charge < -0.3 is 23.7 Å². The molecule has 0 saturated carbocycles. The fourth-order valence-electron chi connectivity index (χ4n) is 2.40. The lowest BCUT2D eigenvalue weighted by Gasteiger charge is -2.13. The quantitative estimate of drug-likeness (QED) is 0.493. The van der Waals surface area contributed by atoms with Gasteiger partial charge in [-0.2, -0.15) is 0 Å². The molecule has 0 amide bonds. The molecule has 0 radical (unpaired) electrons. The molecule has 0 saturated heterocycles. The van der Waals surface area contributed by atoms with E-state index in [9.17, 15) is 9.59 Å². The first kappa shape index (κ1) is 20.1. The maximum atomic E-state index is 12.3. The number of rotatable bonds is 9. The largest absolute Gasteiger partial charge is 0.494 e. The monoisotopic (exact) mass is 374 g/mol. The predicted molar refractivity (Wildman–Crippen MR) is 98.3 cm³/mol. The molecule has 0 fully saturated rings. The van der Waals surface area contributed by atoms with Gasteiger partial charge in [0.1, 0.15) is 5.75 Å². The smallest absolute Gasteiger partial charge is 0.338 e. The average Bonchev–Trinajstić information content (AvgIpc) is 2.71. The van der Waals surface area contributed by atoms with Crippen LogP contribution in [0.3, 0.4) is 0 Å². The highest BCUT2D eigenvalue weighted by molar-refractivity contribution is 5.99. The Morgan fingerprint density at radius 1 is 0.852 bits per heavy atom. The van der Waals surface area contributed by atoms with Crippen LogP contribution in [0.2, 0.25) is 0 Å². The first-order chi connectivity index (χ1) is 13.0. The highest BCUT2D eigenvalue weighted by atomic mass is 16.5. The van der Waals surface area contributed by atoms with Crippen LogP contribution in [-0.4, -0.2) is 46.3 Å². The number of benzene rings is 2. The molecule has 0 aliphatic heterocycles. The van der Waals surface area contributed by atoms with Crippen LogP contribution < -0.4 is 18.9 Å². The van der Waals surface area contributed by atoms with E-state index in [1.165, 1.54) is 33.5 Å². The van der Waals surface area contributed by atoms with Crippen LogP contribution in [0.4, 0.5) is 0 Å². The van der Waals surface area contributed by atoms with Crippen molar-refractivity contribution in [3.63, 3.8) is 0 Å². The van der Waals surface area contributed by atoms with Crippen molar-refractivity contribution >= 4 is 11.8 Å². The van der Waals surface area contributed by atoms with Crippen molar-refractivity contribution in [2.75, 3.05) is 34.5 Å². The van der Waals surface area contributed by atoms with Gasteiger partial charge in [-0.15, -0.1) is 0 Å². The van der Waals surface area contributed by atoms with E-state index in [1.54, 1.807) is 24.3 Å². The van der Waals surface area contributed by atoms with Gasteiger partial charge >= 0.3 is 5.97 Å². The Bertz CT molecular complexity index is 771. The number of carbonyl (C=O) groups is 2. The Hall–Kier alpha value is -3.22. The Balaban J connectivity index is 2.07. The summed E-state index contributed by atoms with van der Waals surface area (Å²) in [6, 6.07) is 9.56. The maximum absolute atomic E-state index is 12.3. The number of methoxy groups -OCH3 is 3. The van der Waals surface area contributed by atoms with Gasteiger partial charge in [0, 0.05) is 5.56 Å². The van der Waals surface area contributed by atoms with Crippen molar-refractivity contribution in [2.24, 2.45) is 0 Å². The van der Waals surface area contributed by atoms with Crippen molar-refractivity contribution in [2.45, 2.75) is 6.92 Å². The third-order valence-electron chi connectivity index (χ3n) is 3.72. The van der Waals surface area contributed by atoms with Crippen molar-refractivity contribution in [3.8, 4) is 23.0 Å². The summed E-state index contributed by atoms with van der Waals surface area (Å²) in [6.07, 6.45) is 0. The van der Waals surface area contributed by atoms with Crippen LogP contribution in [0, 0.1) is 0 Å². The van der Waals surface area contributed by atoms with E-state index in [0.717, 1.165) is 0 Å².